The molecule has 1 aliphatic carbocycles. The van der Waals surface area contributed by atoms with Gasteiger partial charge in [-0.15, -0.1) is 0 Å². The zero-order valence-corrected chi connectivity index (χ0v) is 11.5. The highest BCUT2D eigenvalue weighted by atomic mass is 35.5. The van der Waals surface area contributed by atoms with E-state index in [4.69, 9.17) is 16.3 Å². The van der Waals surface area contributed by atoms with Crippen molar-refractivity contribution in [2.45, 2.75) is 38.0 Å². The second-order valence-electron chi connectivity index (χ2n) is 4.73. The van der Waals surface area contributed by atoms with Crippen molar-refractivity contribution in [3.05, 3.63) is 38.9 Å². The average Bonchev–Trinajstić information content (AvgIpc) is 2.85. The molecule has 1 saturated carbocycles. The van der Waals surface area contributed by atoms with Crippen molar-refractivity contribution in [2.75, 3.05) is 7.11 Å². The van der Waals surface area contributed by atoms with Crippen molar-refractivity contribution in [2.24, 2.45) is 0 Å². The minimum absolute atomic E-state index is 0.0657. The van der Waals surface area contributed by atoms with Crippen LogP contribution in [0.4, 0.5) is 5.69 Å². The third-order valence-electron chi connectivity index (χ3n) is 3.55. The number of rotatable bonds is 5. The van der Waals surface area contributed by atoms with Crippen LogP contribution >= 0.6 is 11.6 Å². The van der Waals surface area contributed by atoms with Crippen molar-refractivity contribution >= 4 is 17.3 Å². The van der Waals surface area contributed by atoms with Gasteiger partial charge in [0.05, 0.1) is 11.0 Å². The summed E-state index contributed by atoms with van der Waals surface area (Å²) in [5, 5.41) is 14.7. The van der Waals surface area contributed by atoms with Gasteiger partial charge in [-0.3, -0.25) is 10.1 Å². The van der Waals surface area contributed by atoms with Crippen LogP contribution in [-0.4, -0.2) is 24.2 Å². The number of hydrogen-bond donors (Lipinski definition) is 1. The molecule has 0 spiro atoms. The molecule has 2 unspecified atom stereocenters. The lowest BCUT2D eigenvalue weighted by Gasteiger charge is -2.19. The molecule has 19 heavy (non-hydrogen) atoms. The Morgan fingerprint density at radius 2 is 2.32 bits per heavy atom. The van der Waals surface area contributed by atoms with E-state index < -0.39 is 4.92 Å². The highest BCUT2D eigenvalue weighted by Gasteiger charge is 2.26. The standard InChI is InChI=1S/C13H17ClN2O3/c1-19-13-4-2-3-12(13)15-8-9-7-10(16(17)18)5-6-11(9)14/h5-7,12-13,15H,2-4,8H2,1H3. The van der Waals surface area contributed by atoms with E-state index in [0.29, 0.717) is 17.6 Å². The molecule has 0 saturated heterocycles. The molecule has 0 radical (unpaired) electrons. The Labute approximate surface area is 117 Å². The second-order valence-corrected chi connectivity index (χ2v) is 5.13. The Morgan fingerprint density at radius 1 is 1.53 bits per heavy atom. The van der Waals surface area contributed by atoms with Crippen LogP contribution in [0, 0.1) is 10.1 Å². The van der Waals surface area contributed by atoms with Crippen LogP contribution < -0.4 is 5.32 Å². The molecule has 0 amide bonds. The molecule has 104 valence electrons. The van der Waals surface area contributed by atoms with Crippen LogP contribution in [0.3, 0.4) is 0 Å². The summed E-state index contributed by atoms with van der Waals surface area (Å²) in [4.78, 5) is 10.3. The highest BCUT2D eigenvalue weighted by molar-refractivity contribution is 6.31. The second kappa shape index (κ2) is 6.32. The van der Waals surface area contributed by atoms with Gasteiger partial charge in [-0.1, -0.05) is 11.6 Å². The van der Waals surface area contributed by atoms with Crippen LogP contribution in [-0.2, 0) is 11.3 Å². The Kier molecular flexibility index (Phi) is 4.74. The highest BCUT2D eigenvalue weighted by Crippen LogP contribution is 2.25. The largest absolute Gasteiger partial charge is 0.380 e. The van der Waals surface area contributed by atoms with Gasteiger partial charge in [0.2, 0.25) is 0 Å². The van der Waals surface area contributed by atoms with Gasteiger partial charge in [0.1, 0.15) is 0 Å². The molecule has 1 N–H and O–H groups in total. The first-order valence-corrected chi connectivity index (χ1v) is 6.68. The lowest BCUT2D eigenvalue weighted by molar-refractivity contribution is -0.384. The smallest absolute Gasteiger partial charge is 0.269 e. The number of nitrogens with one attached hydrogen (secondary N) is 1. The van der Waals surface area contributed by atoms with Crippen molar-refractivity contribution in [3.63, 3.8) is 0 Å². The van der Waals surface area contributed by atoms with Gasteiger partial charge in [0.25, 0.3) is 5.69 Å². The van der Waals surface area contributed by atoms with Gasteiger partial charge >= 0.3 is 0 Å². The Balaban J connectivity index is 2.02. The molecule has 2 atom stereocenters. The van der Waals surface area contributed by atoms with E-state index >= 15 is 0 Å². The predicted octanol–water partition coefficient (Wildman–Crippen LogP) is 2.91. The fourth-order valence-electron chi connectivity index (χ4n) is 2.49. The fourth-order valence-corrected chi connectivity index (χ4v) is 2.68. The molecule has 1 fully saturated rings. The zero-order valence-electron chi connectivity index (χ0n) is 10.8. The third kappa shape index (κ3) is 3.43. The summed E-state index contributed by atoms with van der Waals surface area (Å²) in [7, 11) is 1.71. The van der Waals surface area contributed by atoms with E-state index in [9.17, 15) is 10.1 Å². The fraction of sp³-hybridized carbons (Fsp3) is 0.538. The Morgan fingerprint density at radius 3 is 3.00 bits per heavy atom. The van der Waals surface area contributed by atoms with Crippen molar-refractivity contribution in [3.8, 4) is 0 Å². The van der Waals surface area contributed by atoms with Crippen LogP contribution in [0.2, 0.25) is 5.02 Å². The number of nitro groups is 1. The normalized spacial score (nSPS) is 22.6. The molecule has 0 bridgehead atoms. The maximum atomic E-state index is 10.7. The molecular weight excluding hydrogens is 268 g/mol. The topological polar surface area (TPSA) is 64.4 Å². The summed E-state index contributed by atoms with van der Waals surface area (Å²) in [6.45, 7) is 0.519. The van der Waals surface area contributed by atoms with E-state index in [2.05, 4.69) is 5.32 Å². The number of halogens is 1. The van der Waals surface area contributed by atoms with Gasteiger partial charge in [0, 0.05) is 36.9 Å². The maximum Gasteiger partial charge on any atom is 0.269 e. The SMILES string of the molecule is COC1CCCC1NCc1cc([N+](=O)[O-])ccc1Cl. The molecular formula is C13H17ClN2O3. The molecule has 1 aliphatic rings. The van der Waals surface area contributed by atoms with Crippen molar-refractivity contribution < 1.29 is 9.66 Å². The minimum Gasteiger partial charge on any atom is -0.380 e. The number of benzene rings is 1. The molecule has 1 aromatic carbocycles. The van der Waals surface area contributed by atoms with Gasteiger partial charge in [-0.25, -0.2) is 0 Å². The number of non-ortho nitro benzene ring substituents is 1. The summed E-state index contributed by atoms with van der Waals surface area (Å²) in [6, 6.07) is 4.80. The van der Waals surface area contributed by atoms with E-state index in [-0.39, 0.29) is 11.8 Å². The molecule has 0 heterocycles. The minimum atomic E-state index is -0.409. The first-order chi connectivity index (χ1) is 9.11. The summed E-state index contributed by atoms with van der Waals surface area (Å²) in [5.41, 5.74) is 0.813. The molecule has 2 rings (SSSR count). The first kappa shape index (κ1) is 14.2. The molecule has 1 aromatic rings. The van der Waals surface area contributed by atoms with Crippen molar-refractivity contribution in [1.82, 2.24) is 5.32 Å². The van der Waals surface area contributed by atoms with Crippen LogP contribution in [0.1, 0.15) is 24.8 Å². The number of ether oxygens (including phenoxy) is 1. The van der Waals surface area contributed by atoms with E-state index in [1.54, 1.807) is 13.2 Å². The van der Waals surface area contributed by atoms with Gasteiger partial charge in [-0.2, -0.15) is 0 Å². The molecule has 5 nitrogen and oxygen atoms in total. The van der Waals surface area contributed by atoms with Crippen LogP contribution in [0.5, 0.6) is 0 Å². The number of nitro benzene ring substituents is 1. The summed E-state index contributed by atoms with van der Waals surface area (Å²) >= 11 is 6.06. The zero-order chi connectivity index (χ0) is 13.8. The van der Waals surface area contributed by atoms with E-state index in [1.165, 1.54) is 12.1 Å². The predicted molar refractivity (Wildman–Crippen MR) is 73.4 cm³/mol. The number of methoxy groups -OCH3 is 1. The monoisotopic (exact) mass is 284 g/mol. The summed E-state index contributed by atoms with van der Waals surface area (Å²) in [6.07, 6.45) is 3.47. The lowest BCUT2D eigenvalue weighted by atomic mass is 10.1. The Hall–Kier alpha value is -1.17. The van der Waals surface area contributed by atoms with Crippen LogP contribution in [0.15, 0.2) is 18.2 Å². The van der Waals surface area contributed by atoms with E-state index in [1.807, 2.05) is 0 Å². The van der Waals surface area contributed by atoms with Gasteiger partial charge < -0.3 is 10.1 Å². The molecule has 6 heteroatoms. The third-order valence-corrected chi connectivity index (χ3v) is 3.92. The molecule has 0 aliphatic heterocycles. The lowest BCUT2D eigenvalue weighted by Crippen LogP contribution is -2.36. The average molecular weight is 285 g/mol. The Bertz CT molecular complexity index is 467. The van der Waals surface area contributed by atoms with Crippen molar-refractivity contribution in [1.29, 1.82) is 0 Å². The number of hydrogen-bond acceptors (Lipinski definition) is 4. The summed E-state index contributed by atoms with van der Waals surface area (Å²) < 4.78 is 5.40. The first-order valence-electron chi connectivity index (χ1n) is 6.31. The number of nitrogens with zero attached hydrogens (tertiary/aromatic N) is 1. The summed E-state index contributed by atoms with van der Waals surface area (Å²) in [5.74, 6) is 0. The van der Waals surface area contributed by atoms with Gasteiger partial charge in [0.15, 0.2) is 0 Å². The molecule has 0 aromatic heterocycles. The van der Waals surface area contributed by atoms with Gasteiger partial charge in [-0.05, 0) is 30.9 Å². The van der Waals surface area contributed by atoms with E-state index in [0.717, 1.165) is 24.8 Å². The quantitative estimate of drug-likeness (QED) is 0.667. The maximum absolute atomic E-state index is 10.7. The van der Waals surface area contributed by atoms with Crippen LogP contribution in [0.25, 0.3) is 0 Å².